The molecular weight excluding hydrogens is 328 g/mol. The van der Waals surface area contributed by atoms with E-state index in [4.69, 9.17) is 10.3 Å². The smallest absolute Gasteiger partial charge is 0.167 e. The lowest BCUT2D eigenvalue weighted by molar-refractivity contribution is 0.184. The Balaban J connectivity index is 1.75. The van der Waals surface area contributed by atoms with Gasteiger partial charge in [0.05, 0.1) is 12.1 Å². The van der Waals surface area contributed by atoms with Gasteiger partial charge in [-0.3, -0.25) is 0 Å². The van der Waals surface area contributed by atoms with Crippen LogP contribution in [0, 0.1) is 11.8 Å². The zero-order chi connectivity index (χ0) is 18.7. The number of rotatable bonds is 4. The molecule has 0 aliphatic heterocycles. The molecule has 6 heteroatoms. The van der Waals surface area contributed by atoms with Crippen molar-refractivity contribution in [2.45, 2.75) is 39.0 Å². The van der Waals surface area contributed by atoms with Gasteiger partial charge in [-0.1, -0.05) is 17.0 Å². The van der Waals surface area contributed by atoms with Gasteiger partial charge in [-0.05, 0) is 45.0 Å². The molecule has 0 saturated heterocycles. The second-order valence-corrected chi connectivity index (χ2v) is 6.82. The summed E-state index contributed by atoms with van der Waals surface area (Å²) in [4.78, 5) is 4.15. The van der Waals surface area contributed by atoms with Gasteiger partial charge < -0.3 is 19.9 Å². The van der Waals surface area contributed by atoms with Crippen molar-refractivity contribution in [1.82, 2.24) is 14.7 Å². The second kappa shape index (κ2) is 7.16. The summed E-state index contributed by atoms with van der Waals surface area (Å²) in [7, 11) is 0. The Hall–Kier alpha value is -2.88. The summed E-state index contributed by atoms with van der Waals surface area (Å²) < 4.78 is 7.30. The van der Waals surface area contributed by atoms with Gasteiger partial charge in [0.25, 0.3) is 0 Å². The number of aliphatic hydroxyl groups excluding tert-OH is 1. The Morgan fingerprint density at radius 3 is 2.69 bits per heavy atom. The lowest BCUT2D eigenvalue weighted by atomic mass is 10.1. The molecule has 0 saturated carbocycles. The molecule has 26 heavy (non-hydrogen) atoms. The maximum absolute atomic E-state index is 9.73. The van der Waals surface area contributed by atoms with E-state index in [-0.39, 0.29) is 0 Å². The van der Waals surface area contributed by atoms with E-state index in [0.29, 0.717) is 18.1 Å². The van der Waals surface area contributed by atoms with Gasteiger partial charge in [-0.25, -0.2) is 4.98 Å². The van der Waals surface area contributed by atoms with Crippen LogP contribution in [0.5, 0.6) is 0 Å². The minimum Gasteiger partial charge on any atom is -0.385 e. The highest BCUT2D eigenvalue weighted by Crippen LogP contribution is 2.22. The maximum atomic E-state index is 9.73. The van der Waals surface area contributed by atoms with Gasteiger partial charge in [0.15, 0.2) is 5.76 Å². The van der Waals surface area contributed by atoms with E-state index in [1.54, 1.807) is 13.1 Å². The highest BCUT2D eigenvalue weighted by Gasteiger charge is 2.12. The Morgan fingerprint density at radius 1 is 1.31 bits per heavy atom. The molecule has 1 aromatic carbocycles. The monoisotopic (exact) mass is 350 g/mol. The fraction of sp³-hybridized carbons (Fsp3) is 0.300. The third-order valence-electron chi connectivity index (χ3n) is 3.71. The highest BCUT2D eigenvalue weighted by molar-refractivity contribution is 5.59. The summed E-state index contributed by atoms with van der Waals surface area (Å²) in [6, 6.07) is 9.62. The standard InChI is InChI=1S/C20H22N4O2/c1-14(25)19-22-10-11-24(19)13-17-12-18(26-23-17)16-6-4-15(5-7-16)8-9-20(2,3)21/h4-7,10-12,14,25H,13,21H2,1-3H3/t14-/m0/s1. The maximum Gasteiger partial charge on any atom is 0.167 e. The average Bonchev–Trinajstić information content (AvgIpc) is 3.23. The molecule has 0 amide bonds. The topological polar surface area (TPSA) is 90.1 Å². The molecule has 1 atom stereocenters. The number of aliphatic hydroxyl groups is 1. The van der Waals surface area contributed by atoms with Crippen molar-refractivity contribution >= 4 is 0 Å². The van der Waals surface area contributed by atoms with Crippen LogP contribution in [0.25, 0.3) is 11.3 Å². The van der Waals surface area contributed by atoms with Crippen LogP contribution in [0.4, 0.5) is 0 Å². The number of nitrogens with zero attached hydrogens (tertiary/aromatic N) is 3. The van der Waals surface area contributed by atoms with Crippen LogP contribution in [0.1, 0.15) is 44.0 Å². The molecule has 2 aromatic heterocycles. The van der Waals surface area contributed by atoms with E-state index in [1.807, 2.05) is 54.9 Å². The van der Waals surface area contributed by atoms with Crippen LogP contribution in [0.2, 0.25) is 0 Å². The zero-order valence-corrected chi connectivity index (χ0v) is 15.1. The van der Waals surface area contributed by atoms with Crippen molar-refractivity contribution in [2.75, 3.05) is 0 Å². The van der Waals surface area contributed by atoms with Crippen molar-refractivity contribution in [1.29, 1.82) is 0 Å². The molecule has 0 bridgehead atoms. The number of benzene rings is 1. The van der Waals surface area contributed by atoms with Crippen LogP contribution in [-0.4, -0.2) is 25.4 Å². The largest absolute Gasteiger partial charge is 0.385 e. The second-order valence-electron chi connectivity index (χ2n) is 6.82. The predicted molar refractivity (Wildman–Crippen MR) is 99.0 cm³/mol. The van der Waals surface area contributed by atoms with Gasteiger partial charge in [-0.2, -0.15) is 0 Å². The van der Waals surface area contributed by atoms with Crippen molar-refractivity contribution in [3.05, 3.63) is 59.8 Å². The summed E-state index contributed by atoms with van der Waals surface area (Å²) in [6.07, 6.45) is 2.83. The molecule has 0 aliphatic rings. The first-order valence-electron chi connectivity index (χ1n) is 8.39. The average molecular weight is 350 g/mol. The lowest BCUT2D eigenvalue weighted by Crippen LogP contribution is -2.29. The quantitative estimate of drug-likeness (QED) is 0.706. The van der Waals surface area contributed by atoms with Crippen molar-refractivity contribution < 1.29 is 9.63 Å². The van der Waals surface area contributed by atoms with E-state index in [1.165, 1.54) is 0 Å². The fourth-order valence-corrected chi connectivity index (χ4v) is 2.47. The molecule has 0 radical (unpaired) electrons. The fourth-order valence-electron chi connectivity index (χ4n) is 2.47. The number of hydrogen-bond donors (Lipinski definition) is 2. The number of imidazole rings is 1. The minimum absolute atomic E-state index is 0.485. The van der Waals surface area contributed by atoms with Crippen molar-refractivity contribution in [3.63, 3.8) is 0 Å². The summed E-state index contributed by atoms with van der Waals surface area (Å²) in [5.74, 6) is 7.34. The van der Waals surface area contributed by atoms with Crippen LogP contribution in [0.3, 0.4) is 0 Å². The molecule has 2 heterocycles. The van der Waals surface area contributed by atoms with Gasteiger partial charge in [0, 0.05) is 29.6 Å². The van der Waals surface area contributed by atoms with Gasteiger partial charge in [-0.15, -0.1) is 0 Å². The zero-order valence-electron chi connectivity index (χ0n) is 15.1. The van der Waals surface area contributed by atoms with Crippen molar-refractivity contribution in [2.24, 2.45) is 5.73 Å². The SMILES string of the molecule is C[C@H](O)c1nccn1Cc1cc(-c2ccc(C#CC(C)(C)N)cc2)on1. The van der Waals surface area contributed by atoms with E-state index in [9.17, 15) is 5.11 Å². The summed E-state index contributed by atoms with van der Waals surface area (Å²) >= 11 is 0. The van der Waals surface area contributed by atoms with E-state index in [0.717, 1.165) is 16.8 Å². The van der Waals surface area contributed by atoms with E-state index in [2.05, 4.69) is 22.0 Å². The molecular formula is C20H22N4O2. The molecule has 0 spiro atoms. The van der Waals surface area contributed by atoms with Crippen molar-refractivity contribution in [3.8, 4) is 23.2 Å². The Labute approximate surface area is 152 Å². The van der Waals surface area contributed by atoms with Gasteiger partial charge >= 0.3 is 0 Å². The van der Waals surface area contributed by atoms with Gasteiger partial charge in [0.1, 0.15) is 17.6 Å². The lowest BCUT2D eigenvalue weighted by Gasteiger charge is -2.07. The van der Waals surface area contributed by atoms with E-state index < -0.39 is 11.6 Å². The summed E-state index contributed by atoms with van der Waals surface area (Å²) in [5.41, 5.74) is 7.93. The molecule has 0 fully saturated rings. The predicted octanol–water partition coefficient (Wildman–Crippen LogP) is 2.73. The third kappa shape index (κ3) is 4.39. The first-order chi connectivity index (χ1) is 12.3. The molecule has 3 N–H and O–H groups in total. The molecule has 6 nitrogen and oxygen atoms in total. The Kier molecular flexibility index (Phi) is 4.94. The number of aromatic nitrogens is 3. The summed E-state index contributed by atoms with van der Waals surface area (Å²) in [6.45, 7) is 5.91. The Morgan fingerprint density at radius 2 is 2.04 bits per heavy atom. The minimum atomic E-state index is -0.636. The Bertz CT molecular complexity index is 935. The van der Waals surface area contributed by atoms with E-state index >= 15 is 0 Å². The van der Waals surface area contributed by atoms with Gasteiger partial charge in [0.2, 0.25) is 0 Å². The first kappa shape index (κ1) is 17.9. The van der Waals surface area contributed by atoms with Crippen LogP contribution < -0.4 is 5.73 Å². The van der Waals surface area contributed by atoms with Crippen LogP contribution >= 0.6 is 0 Å². The molecule has 134 valence electrons. The molecule has 0 unspecified atom stereocenters. The third-order valence-corrected chi connectivity index (χ3v) is 3.71. The van der Waals surface area contributed by atoms with Crippen LogP contribution in [-0.2, 0) is 6.54 Å². The van der Waals surface area contributed by atoms with Crippen LogP contribution in [0.15, 0.2) is 47.2 Å². The molecule has 0 aliphatic carbocycles. The first-order valence-corrected chi connectivity index (χ1v) is 8.39. The normalized spacial score (nSPS) is 12.5. The highest BCUT2D eigenvalue weighted by atomic mass is 16.5. The molecule has 3 aromatic rings. The number of hydrogen-bond acceptors (Lipinski definition) is 5. The molecule has 3 rings (SSSR count). The number of nitrogens with two attached hydrogens (primary N) is 1. The summed E-state index contributed by atoms with van der Waals surface area (Å²) in [5, 5.41) is 13.8.